The van der Waals surface area contributed by atoms with E-state index < -0.39 is 13.0 Å². The minimum atomic E-state index is -2.52. The first-order chi connectivity index (χ1) is 12.2. The summed E-state index contributed by atoms with van der Waals surface area (Å²) in [5.41, 5.74) is 0.871. The summed E-state index contributed by atoms with van der Waals surface area (Å²) < 4.78 is 34.6. The summed E-state index contributed by atoms with van der Waals surface area (Å²) in [5.74, 6) is 0.870. The van der Waals surface area contributed by atoms with Crippen molar-refractivity contribution in [1.82, 2.24) is 20.5 Å². The van der Waals surface area contributed by atoms with E-state index >= 15 is 0 Å². The van der Waals surface area contributed by atoms with E-state index in [-0.39, 0.29) is 5.88 Å². The van der Waals surface area contributed by atoms with Gasteiger partial charge in [0.2, 0.25) is 5.88 Å². The highest BCUT2D eigenvalue weighted by Gasteiger charge is 2.10. The molecule has 0 unspecified atom stereocenters. The number of nitrogens with zero attached hydrogens (tertiary/aromatic N) is 3. The highest BCUT2D eigenvalue weighted by atomic mass is 19.3. The zero-order valence-corrected chi connectivity index (χ0v) is 14.4. The van der Waals surface area contributed by atoms with Gasteiger partial charge in [-0.3, -0.25) is 9.89 Å². The molecule has 9 heteroatoms. The molecule has 0 saturated carbocycles. The Balaban J connectivity index is 1.71. The van der Waals surface area contributed by atoms with Crippen molar-refractivity contribution < 1.29 is 18.3 Å². The van der Waals surface area contributed by atoms with Gasteiger partial charge in [-0.05, 0) is 11.6 Å². The molecular formula is C16H25F2N5O2. The molecule has 0 radical (unpaired) electrons. The van der Waals surface area contributed by atoms with Crippen LogP contribution in [0, 0.1) is 0 Å². The number of aliphatic imine (C=N–C) groups is 1. The quantitative estimate of drug-likeness (QED) is 0.528. The highest BCUT2D eigenvalue weighted by molar-refractivity contribution is 5.79. The summed E-state index contributed by atoms with van der Waals surface area (Å²) in [6, 6.07) is 3.43. The Morgan fingerprint density at radius 1 is 1.40 bits per heavy atom. The third kappa shape index (κ3) is 7.61. The number of nitrogens with one attached hydrogen (secondary N) is 2. The average Bonchev–Trinajstić information content (AvgIpc) is 2.64. The molecule has 7 nitrogen and oxygen atoms in total. The van der Waals surface area contributed by atoms with Crippen molar-refractivity contribution >= 4 is 5.96 Å². The van der Waals surface area contributed by atoms with E-state index in [1.165, 1.54) is 6.20 Å². The van der Waals surface area contributed by atoms with Crippen LogP contribution in [0.2, 0.25) is 0 Å². The van der Waals surface area contributed by atoms with Crippen molar-refractivity contribution in [2.45, 2.75) is 13.0 Å². The Morgan fingerprint density at radius 2 is 2.20 bits per heavy atom. The minimum absolute atomic E-state index is 0.190. The number of halogens is 2. The van der Waals surface area contributed by atoms with Gasteiger partial charge >= 0.3 is 0 Å². The second-order valence-corrected chi connectivity index (χ2v) is 5.51. The topological polar surface area (TPSA) is 71.0 Å². The summed E-state index contributed by atoms with van der Waals surface area (Å²) in [4.78, 5) is 10.4. The van der Waals surface area contributed by atoms with E-state index in [2.05, 4.69) is 25.5 Å². The van der Waals surface area contributed by atoms with Gasteiger partial charge < -0.3 is 20.1 Å². The number of pyridine rings is 1. The fraction of sp³-hybridized carbons (Fsp3) is 0.625. The predicted octanol–water partition coefficient (Wildman–Crippen LogP) is 0.723. The zero-order valence-electron chi connectivity index (χ0n) is 14.4. The second-order valence-electron chi connectivity index (χ2n) is 5.51. The molecule has 0 bridgehead atoms. The van der Waals surface area contributed by atoms with Crippen molar-refractivity contribution in [3.8, 4) is 5.88 Å². The third-order valence-corrected chi connectivity index (χ3v) is 3.66. The molecule has 2 rings (SSSR count). The fourth-order valence-corrected chi connectivity index (χ4v) is 2.35. The van der Waals surface area contributed by atoms with Gasteiger partial charge in [-0.2, -0.15) is 0 Å². The maximum atomic E-state index is 12.2. The number of rotatable bonds is 8. The van der Waals surface area contributed by atoms with Crippen LogP contribution in [-0.2, 0) is 11.3 Å². The molecule has 25 heavy (non-hydrogen) atoms. The molecule has 0 atom stereocenters. The summed E-state index contributed by atoms with van der Waals surface area (Å²) in [7, 11) is 1.70. The molecule has 1 aromatic heterocycles. The molecule has 1 aromatic rings. The molecule has 1 saturated heterocycles. The van der Waals surface area contributed by atoms with Gasteiger partial charge in [-0.1, -0.05) is 0 Å². The van der Waals surface area contributed by atoms with E-state index in [1.807, 2.05) is 0 Å². The predicted molar refractivity (Wildman–Crippen MR) is 91.2 cm³/mol. The van der Waals surface area contributed by atoms with E-state index in [1.54, 1.807) is 19.2 Å². The number of hydrogen-bond acceptors (Lipinski definition) is 5. The lowest BCUT2D eigenvalue weighted by atomic mass is 10.2. The first kappa shape index (κ1) is 19.3. The molecule has 140 valence electrons. The number of hydrogen-bond donors (Lipinski definition) is 2. The van der Waals surface area contributed by atoms with Crippen LogP contribution in [0.4, 0.5) is 8.78 Å². The molecule has 1 aliphatic rings. The largest absolute Gasteiger partial charge is 0.472 e. The van der Waals surface area contributed by atoms with E-state index in [0.717, 1.165) is 45.0 Å². The van der Waals surface area contributed by atoms with Crippen LogP contribution >= 0.6 is 0 Å². The monoisotopic (exact) mass is 357 g/mol. The number of alkyl halides is 2. The zero-order chi connectivity index (χ0) is 17.9. The molecule has 0 amide bonds. The number of aromatic nitrogens is 1. The molecule has 0 aliphatic carbocycles. The Kier molecular flexibility index (Phi) is 8.33. The van der Waals surface area contributed by atoms with Crippen LogP contribution in [0.3, 0.4) is 0 Å². The van der Waals surface area contributed by atoms with Gasteiger partial charge in [0.25, 0.3) is 6.43 Å². The van der Waals surface area contributed by atoms with Crippen LogP contribution in [0.1, 0.15) is 5.56 Å². The van der Waals surface area contributed by atoms with Gasteiger partial charge in [-0.15, -0.1) is 0 Å². The molecule has 0 spiro atoms. The molecule has 1 aliphatic heterocycles. The maximum absolute atomic E-state index is 12.2. The minimum Gasteiger partial charge on any atom is -0.472 e. The van der Waals surface area contributed by atoms with Crippen LogP contribution in [-0.4, -0.2) is 75.3 Å². The van der Waals surface area contributed by atoms with Crippen molar-refractivity contribution in [2.75, 3.05) is 53.0 Å². The van der Waals surface area contributed by atoms with Crippen LogP contribution in [0.15, 0.2) is 23.3 Å². The Labute approximate surface area is 146 Å². The SMILES string of the molecule is CN=C(NCCN1CCOCC1)NCc1ccnc(OCC(F)F)c1. The molecular weight excluding hydrogens is 332 g/mol. The summed E-state index contributed by atoms with van der Waals surface area (Å²) in [6.45, 7) is 5.00. The first-order valence-corrected chi connectivity index (χ1v) is 8.28. The van der Waals surface area contributed by atoms with Crippen molar-refractivity contribution in [2.24, 2.45) is 4.99 Å². The van der Waals surface area contributed by atoms with E-state index in [0.29, 0.717) is 12.5 Å². The van der Waals surface area contributed by atoms with Crippen LogP contribution < -0.4 is 15.4 Å². The lowest BCUT2D eigenvalue weighted by molar-refractivity contribution is 0.0389. The van der Waals surface area contributed by atoms with Crippen molar-refractivity contribution in [3.05, 3.63) is 23.9 Å². The average molecular weight is 357 g/mol. The third-order valence-electron chi connectivity index (χ3n) is 3.66. The van der Waals surface area contributed by atoms with E-state index in [9.17, 15) is 8.78 Å². The van der Waals surface area contributed by atoms with Crippen molar-refractivity contribution in [1.29, 1.82) is 0 Å². The molecule has 2 N–H and O–H groups in total. The van der Waals surface area contributed by atoms with E-state index in [4.69, 9.17) is 9.47 Å². The Hall–Kier alpha value is -2.00. The number of morpholine rings is 1. The second kappa shape index (κ2) is 10.8. The van der Waals surface area contributed by atoms with Gasteiger partial charge in [0, 0.05) is 52.0 Å². The summed E-state index contributed by atoms with van der Waals surface area (Å²) in [6.07, 6.45) is -0.982. The lowest BCUT2D eigenvalue weighted by Gasteiger charge is -2.26. The Bertz CT molecular complexity index is 539. The lowest BCUT2D eigenvalue weighted by Crippen LogP contribution is -2.44. The smallest absolute Gasteiger partial charge is 0.272 e. The van der Waals surface area contributed by atoms with Crippen molar-refractivity contribution in [3.63, 3.8) is 0 Å². The van der Waals surface area contributed by atoms with Gasteiger partial charge in [0.15, 0.2) is 12.6 Å². The molecule has 0 aromatic carbocycles. The van der Waals surface area contributed by atoms with Crippen LogP contribution in [0.5, 0.6) is 5.88 Å². The normalized spacial score (nSPS) is 16.1. The maximum Gasteiger partial charge on any atom is 0.272 e. The summed E-state index contributed by atoms with van der Waals surface area (Å²) in [5, 5.41) is 6.43. The Morgan fingerprint density at radius 3 is 2.92 bits per heavy atom. The van der Waals surface area contributed by atoms with Gasteiger partial charge in [0.1, 0.15) is 0 Å². The molecule has 2 heterocycles. The fourth-order valence-electron chi connectivity index (χ4n) is 2.35. The summed E-state index contributed by atoms with van der Waals surface area (Å²) >= 11 is 0. The first-order valence-electron chi connectivity index (χ1n) is 8.28. The standard InChI is InChI=1S/C16H25F2N5O2/c1-19-16(21-4-5-23-6-8-24-9-7-23)22-11-13-2-3-20-15(10-13)25-12-14(17)18/h2-3,10,14H,4-9,11-12H2,1H3,(H2,19,21,22). The highest BCUT2D eigenvalue weighted by Crippen LogP contribution is 2.10. The van der Waals surface area contributed by atoms with Gasteiger partial charge in [0.05, 0.1) is 13.2 Å². The van der Waals surface area contributed by atoms with Crippen LogP contribution in [0.25, 0.3) is 0 Å². The number of ether oxygens (including phenoxy) is 2. The molecule has 1 fully saturated rings. The van der Waals surface area contributed by atoms with Gasteiger partial charge in [-0.25, -0.2) is 13.8 Å². The number of guanidine groups is 1.